The summed E-state index contributed by atoms with van der Waals surface area (Å²) in [5.41, 5.74) is 0.694. The molecule has 5 heteroatoms. The minimum Gasteiger partial charge on any atom is -0.391 e. The van der Waals surface area contributed by atoms with Gasteiger partial charge in [0.05, 0.1) is 11.7 Å². The predicted octanol–water partition coefficient (Wildman–Crippen LogP) is 2.02. The number of hydrogen-bond donors (Lipinski definition) is 1. The van der Waals surface area contributed by atoms with Crippen molar-refractivity contribution in [2.75, 3.05) is 32.1 Å². The molecule has 1 saturated heterocycles. The van der Waals surface area contributed by atoms with E-state index in [1.54, 1.807) is 26.4 Å². The molecule has 2 heterocycles. The van der Waals surface area contributed by atoms with Gasteiger partial charge in [-0.1, -0.05) is 20.8 Å². The Labute approximate surface area is 132 Å². The molecule has 1 amide bonds. The van der Waals surface area contributed by atoms with Crippen LogP contribution >= 0.6 is 0 Å². The number of pyridine rings is 1. The smallest absolute Gasteiger partial charge is 0.254 e. The van der Waals surface area contributed by atoms with Crippen molar-refractivity contribution in [1.29, 1.82) is 0 Å². The maximum Gasteiger partial charge on any atom is 0.254 e. The van der Waals surface area contributed by atoms with Gasteiger partial charge in [0.15, 0.2) is 0 Å². The summed E-state index contributed by atoms with van der Waals surface area (Å²) in [4.78, 5) is 19.9. The van der Waals surface area contributed by atoms with Gasteiger partial charge in [0.2, 0.25) is 0 Å². The second-order valence-corrected chi connectivity index (χ2v) is 7.38. The van der Waals surface area contributed by atoms with E-state index in [1.165, 1.54) is 4.90 Å². The lowest BCUT2D eigenvalue weighted by Gasteiger charge is -2.42. The second kappa shape index (κ2) is 6.24. The van der Waals surface area contributed by atoms with Crippen LogP contribution in [0.1, 0.15) is 37.6 Å². The van der Waals surface area contributed by atoms with Crippen molar-refractivity contribution in [3.8, 4) is 0 Å². The molecular formula is C17H27N3O2. The first-order valence-electron chi connectivity index (χ1n) is 7.81. The van der Waals surface area contributed by atoms with Gasteiger partial charge in [-0.05, 0) is 29.9 Å². The fourth-order valence-electron chi connectivity index (χ4n) is 3.11. The van der Waals surface area contributed by atoms with E-state index in [1.807, 2.05) is 6.07 Å². The molecule has 1 aromatic rings. The zero-order valence-electron chi connectivity index (χ0n) is 14.2. The molecule has 1 N–H and O–H groups in total. The van der Waals surface area contributed by atoms with Gasteiger partial charge in [-0.25, -0.2) is 4.98 Å². The third-order valence-corrected chi connectivity index (χ3v) is 4.42. The third kappa shape index (κ3) is 3.58. The van der Waals surface area contributed by atoms with Crippen LogP contribution < -0.4 is 4.90 Å². The molecular weight excluding hydrogens is 278 g/mol. The van der Waals surface area contributed by atoms with Crippen molar-refractivity contribution in [1.82, 2.24) is 9.88 Å². The number of β-amino-alcohol motifs (C(OH)–C–C–N with tert-alkyl or cyclic N) is 1. The molecule has 0 spiro atoms. The van der Waals surface area contributed by atoms with Crippen LogP contribution in [0.3, 0.4) is 0 Å². The van der Waals surface area contributed by atoms with Gasteiger partial charge in [-0.15, -0.1) is 0 Å². The summed E-state index contributed by atoms with van der Waals surface area (Å²) in [7, 11) is 3.45. The number of anilines is 1. The molecule has 1 aromatic heterocycles. The van der Waals surface area contributed by atoms with Crippen LogP contribution in [0.4, 0.5) is 5.82 Å². The molecule has 0 saturated carbocycles. The van der Waals surface area contributed by atoms with Gasteiger partial charge >= 0.3 is 0 Å². The minimum absolute atomic E-state index is 0.0504. The molecule has 1 aliphatic rings. The van der Waals surface area contributed by atoms with Crippen molar-refractivity contribution in [2.45, 2.75) is 33.3 Å². The molecule has 0 aromatic carbocycles. The number of piperidine rings is 1. The molecule has 122 valence electrons. The Bertz CT molecular complexity index is 520. The standard InChI is InChI=1S/C17H27N3O2/c1-17(2,3)13-8-9-20(11-14(13)21)15-7-6-12(10-18-15)16(22)19(4)5/h6-7,10,13-14,21H,8-9,11H2,1-5H3. The van der Waals surface area contributed by atoms with Crippen LogP contribution in [0.15, 0.2) is 18.3 Å². The van der Waals surface area contributed by atoms with Crippen molar-refractivity contribution in [2.24, 2.45) is 11.3 Å². The summed E-state index contributed by atoms with van der Waals surface area (Å²) >= 11 is 0. The van der Waals surface area contributed by atoms with Crippen LogP contribution in [-0.2, 0) is 0 Å². The maximum atomic E-state index is 11.9. The van der Waals surface area contributed by atoms with Crippen molar-refractivity contribution in [3.63, 3.8) is 0 Å². The van der Waals surface area contributed by atoms with Crippen molar-refractivity contribution < 1.29 is 9.90 Å². The molecule has 2 atom stereocenters. The normalized spacial score (nSPS) is 22.5. The Morgan fingerprint density at radius 2 is 2.05 bits per heavy atom. The highest BCUT2D eigenvalue weighted by molar-refractivity contribution is 5.93. The Morgan fingerprint density at radius 1 is 1.36 bits per heavy atom. The number of aromatic nitrogens is 1. The highest BCUT2D eigenvalue weighted by atomic mass is 16.3. The number of amides is 1. The summed E-state index contributed by atoms with van der Waals surface area (Å²) in [6.45, 7) is 8.01. The summed E-state index contributed by atoms with van der Waals surface area (Å²) in [5, 5.41) is 10.4. The van der Waals surface area contributed by atoms with Gasteiger partial charge in [0, 0.05) is 33.4 Å². The number of aliphatic hydroxyl groups is 1. The molecule has 0 radical (unpaired) electrons. The highest BCUT2D eigenvalue weighted by Gasteiger charge is 2.35. The number of rotatable bonds is 2. The van der Waals surface area contributed by atoms with E-state index in [9.17, 15) is 9.90 Å². The van der Waals surface area contributed by atoms with Crippen molar-refractivity contribution in [3.05, 3.63) is 23.9 Å². The van der Waals surface area contributed by atoms with Crippen LogP contribution in [0.25, 0.3) is 0 Å². The average Bonchev–Trinajstić information content (AvgIpc) is 2.45. The zero-order chi connectivity index (χ0) is 16.5. The number of carbonyl (C=O) groups is 1. The minimum atomic E-state index is -0.348. The molecule has 1 aliphatic heterocycles. The zero-order valence-corrected chi connectivity index (χ0v) is 14.2. The molecule has 2 unspecified atom stereocenters. The Morgan fingerprint density at radius 3 is 2.50 bits per heavy atom. The largest absolute Gasteiger partial charge is 0.391 e. The van der Waals surface area contributed by atoms with E-state index in [-0.39, 0.29) is 17.4 Å². The highest BCUT2D eigenvalue weighted by Crippen LogP contribution is 2.35. The van der Waals surface area contributed by atoms with E-state index in [2.05, 4.69) is 30.7 Å². The lowest BCUT2D eigenvalue weighted by molar-refractivity contribution is 0.0292. The number of aliphatic hydroxyl groups excluding tert-OH is 1. The van der Waals surface area contributed by atoms with Crippen LogP contribution in [0.2, 0.25) is 0 Å². The van der Waals surface area contributed by atoms with Crippen molar-refractivity contribution >= 4 is 11.7 Å². The summed E-state index contributed by atoms with van der Waals surface area (Å²) < 4.78 is 0. The second-order valence-electron chi connectivity index (χ2n) is 7.38. The van der Waals surface area contributed by atoms with Gasteiger partial charge in [-0.2, -0.15) is 0 Å². The molecule has 5 nitrogen and oxygen atoms in total. The van der Waals surface area contributed by atoms with Gasteiger partial charge in [0.1, 0.15) is 5.82 Å². The van der Waals surface area contributed by atoms with E-state index in [4.69, 9.17) is 0 Å². The van der Waals surface area contributed by atoms with E-state index in [0.717, 1.165) is 18.8 Å². The summed E-state index contributed by atoms with van der Waals surface area (Å²) in [6.07, 6.45) is 2.21. The molecule has 2 rings (SSSR count). The summed E-state index contributed by atoms with van der Waals surface area (Å²) in [6, 6.07) is 3.66. The van der Waals surface area contributed by atoms with Crippen LogP contribution in [0.5, 0.6) is 0 Å². The fraction of sp³-hybridized carbons (Fsp3) is 0.647. The molecule has 0 aliphatic carbocycles. The first-order chi connectivity index (χ1) is 10.2. The van der Waals surface area contributed by atoms with Crippen LogP contribution in [0, 0.1) is 11.3 Å². The van der Waals surface area contributed by atoms with Gasteiger partial charge in [-0.3, -0.25) is 4.79 Å². The number of carbonyl (C=O) groups excluding carboxylic acids is 1. The molecule has 0 bridgehead atoms. The SMILES string of the molecule is CN(C)C(=O)c1ccc(N2CCC(C(C)(C)C)C(O)C2)nc1. The Balaban J connectivity index is 2.07. The predicted molar refractivity (Wildman–Crippen MR) is 88.0 cm³/mol. The van der Waals surface area contributed by atoms with E-state index < -0.39 is 0 Å². The first kappa shape index (κ1) is 16.7. The van der Waals surface area contributed by atoms with Gasteiger partial charge in [0.25, 0.3) is 5.91 Å². The monoisotopic (exact) mass is 305 g/mol. The van der Waals surface area contributed by atoms with E-state index >= 15 is 0 Å². The molecule has 1 fully saturated rings. The number of hydrogen-bond acceptors (Lipinski definition) is 4. The average molecular weight is 305 g/mol. The Hall–Kier alpha value is -1.62. The maximum absolute atomic E-state index is 11.9. The summed E-state index contributed by atoms with van der Waals surface area (Å²) in [5.74, 6) is 1.07. The van der Waals surface area contributed by atoms with Crippen LogP contribution in [-0.4, -0.2) is 54.2 Å². The fourth-order valence-corrected chi connectivity index (χ4v) is 3.11. The third-order valence-electron chi connectivity index (χ3n) is 4.42. The van der Waals surface area contributed by atoms with E-state index in [0.29, 0.717) is 18.0 Å². The number of nitrogens with zero attached hydrogens (tertiary/aromatic N) is 3. The lowest BCUT2D eigenvalue weighted by Crippen LogP contribution is -2.48. The lowest BCUT2D eigenvalue weighted by atomic mass is 9.74. The quantitative estimate of drug-likeness (QED) is 0.908. The first-order valence-corrected chi connectivity index (χ1v) is 7.81. The Kier molecular flexibility index (Phi) is 4.75. The van der Waals surface area contributed by atoms with Gasteiger partial charge < -0.3 is 14.9 Å². The topological polar surface area (TPSA) is 56.7 Å². The molecule has 22 heavy (non-hydrogen) atoms.